The van der Waals surface area contributed by atoms with Gasteiger partial charge in [0.05, 0.1) is 11.9 Å². The molecule has 0 aliphatic rings. The van der Waals surface area contributed by atoms with Gasteiger partial charge in [0, 0.05) is 21.6 Å². The molecule has 0 atom stereocenters. The maximum Gasteiger partial charge on any atom is 0.355 e. The minimum Gasteiger partial charge on any atom is -0.476 e. The van der Waals surface area contributed by atoms with E-state index in [2.05, 4.69) is 26.0 Å². The van der Waals surface area contributed by atoms with E-state index in [1.807, 2.05) is 30.5 Å². The van der Waals surface area contributed by atoms with Crippen LogP contribution in [-0.4, -0.2) is 25.8 Å². The molecule has 0 spiro atoms. The molecule has 0 amide bonds. The van der Waals surface area contributed by atoms with Crippen LogP contribution >= 0.6 is 27.3 Å². The second kappa shape index (κ2) is 5.18. The van der Waals surface area contributed by atoms with E-state index in [1.54, 1.807) is 10.9 Å². The lowest BCUT2D eigenvalue weighted by Gasteiger charge is -2.00. The molecular weight excluding hydrogens is 342 g/mol. The zero-order chi connectivity index (χ0) is 14.1. The Morgan fingerprint density at radius 3 is 2.70 bits per heavy atom. The standard InChI is InChI=1S/C13H8BrN3O2S/c14-9-1-3-10(4-2-9)17-6-8(5-15-17)12-16-11(7-20-12)13(18)19/h1-7H,(H,18,19). The number of halogens is 1. The SMILES string of the molecule is O=C(O)c1csc(-c2cnn(-c3ccc(Br)cc3)c2)n1. The third kappa shape index (κ3) is 2.50. The van der Waals surface area contributed by atoms with Gasteiger partial charge in [-0.05, 0) is 24.3 Å². The molecular formula is C13H8BrN3O2S. The molecule has 0 fully saturated rings. The van der Waals surface area contributed by atoms with Crippen LogP contribution in [0.15, 0.2) is 46.5 Å². The number of carboxylic acid groups (broad SMARTS) is 1. The van der Waals surface area contributed by atoms with Crippen molar-refractivity contribution >= 4 is 33.2 Å². The molecule has 2 aromatic heterocycles. The van der Waals surface area contributed by atoms with Crippen molar-refractivity contribution in [1.29, 1.82) is 0 Å². The van der Waals surface area contributed by atoms with Crippen LogP contribution in [0.2, 0.25) is 0 Å². The number of thiazole rings is 1. The van der Waals surface area contributed by atoms with Gasteiger partial charge in [-0.25, -0.2) is 14.5 Å². The minimum absolute atomic E-state index is 0.0568. The van der Waals surface area contributed by atoms with Gasteiger partial charge in [-0.3, -0.25) is 0 Å². The van der Waals surface area contributed by atoms with Crippen molar-refractivity contribution in [3.05, 3.63) is 52.2 Å². The summed E-state index contributed by atoms with van der Waals surface area (Å²) in [7, 11) is 0. The van der Waals surface area contributed by atoms with Crippen molar-refractivity contribution in [3.63, 3.8) is 0 Å². The predicted octanol–water partition coefficient (Wildman–Crippen LogP) is 3.46. The lowest BCUT2D eigenvalue weighted by atomic mass is 10.3. The van der Waals surface area contributed by atoms with Crippen molar-refractivity contribution in [3.8, 4) is 16.3 Å². The molecule has 0 radical (unpaired) electrons. The Hall–Kier alpha value is -1.99. The van der Waals surface area contributed by atoms with Crippen molar-refractivity contribution in [2.24, 2.45) is 0 Å². The number of benzene rings is 1. The zero-order valence-corrected chi connectivity index (χ0v) is 12.4. The largest absolute Gasteiger partial charge is 0.476 e. The lowest BCUT2D eigenvalue weighted by Crippen LogP contribution is -1.95. The quantitative estimate of drug-likeness (QED) is 0.786. The Balaban J connectivity index is 1.93. The number of carbonyl (C=O) groups is 1. The third-order valence-electron chi connectivity index (χ3n) is 2.64. The highest BCUT2D eigenvalue weighted by atomic mass is 79.9. The molecule has 0 saturated carbocycles. The number of hydrogen-bond acceptors (Lipinski definition) is 4. The monoisotopic (exact) mass is 349 g/mol. The van der Waals surface area contributed by atoms with Gasteiger partial charge < -0.3 is 5.11 Å². The number of aromatic nitrogens is 3. The van der Waals surface area contributed by atoms with Crippen LogP contribution in [0.3, 0.4) is 0 Å². The summed E-state index contributed by atoms with van der Waals surface area (Å²) >= 11 is 4.67. The summed E-state index contributed by atoms with van der Waals surface area (Å²) in [5.74, 6) is -1.02. The minimum atomic E-state index is -1.02. The average molecular weight is 350 g/mol. The van der Waals surface area contributed by atoms with Crippen molar-refractivity contribution in [2.75, 3.05) is 0 Å². The van der Waals surface area contributed by atoms with E-state index in [-0.39, 0.29) is 5.69 Å². The highest BCUT2D eigenvalue weighted by Crippen LogP contribution is 2.24. The molecule has 1 N–H and O–H groups in total. The molecule has 0 bridgehead atoms. The van der Waals surface area contributed by atoms with Crippen molar-refractivity contribution < 1.29 is 9.90 Å². The molecule has 1 aromatic carbocycles. The molecule has 7 heteroatoms. The Bertz CT molecular complexity index is 764. The van der Waals surface area contributed by atoms with Crippen molar-refractivity contribution in [2.45, 2.75) is 0 Å². The molecule has 0 saturated heterocycles. The number of rotatable bonds is 3. The Morgan fingerprint density at radius 1 is 1.30 bits per heavy atom. The molecule has 0 aliphatic heterocycles. The summed E-state index contributed by atoms with van der Waals surface area (Å²) in [5, 5.41) is 15.3. The molecule has 3 aromatic rings. The fourth-order valence-electron chi connectivity index (χ4n) is 1.67. The summed E-state index contributed by atoms with van der Waals surface area (Å²) in [5.41, 5.74) is 1.78. The molecule has 2 heterocycles. The van der Waals surface area contributed by atoms with E-state index in [4.69, 9.17) is 5.11 Å². The molecule has 3 rings (SSSR count). The molecule has 100 valence electrons. The van der Waals surface area contributed by atoms with E-state index in [9.17, 15) is 4.79 Å². The van der Waals surface area contributed by atoms with Crippen LogP contribution in [0.5, 0.6) is 0 Å². The third-order valence-corrected chi connectivity index (χ3v) is 4.06. The highest BCUT2D eigenvalue weighted by Gasteiger charge is 2.11. The first kappa shape index (κ1) is 13.0. The van der Waals surface area contributed by atoms with E-state index < -0.39 is 5.97 Å². The van der Waals surface area contributed by atoms with E-state index in [1.165, 1.54) is 16.7 Å². The van der Waals surface area contributed by atoms with Gasteiger partial charge in [0.2, 0.25) is 0 Å². The number of nitrogens with zero attached hydrogens (tertiary/aromatic N) is 3. The van der Waals surface area contributed by atoms with Gasteiger partial charge >= 0.3 is 5.97 Å². The first-order valence-electron chi connectivity index (χ1n) is 5.63. The van der Waals surface area contributed by atoms with Crippen molar-refractivity contribution in [1.82, 2.24) is 14.8 Å². The average Bonchev–Trinajstić information content (AvgIpc) is 3.08. The second-order valence-corrected chi connectivity index (χ2v) is 5.77. The number of hydrogen-bond donors (Lipinski definition) is 1. The van der Waals surface area contributed by atoms with Gasteiger partial charge in [-0.1, -0.05) is 15.9 Å². The topological polar surface area (TPSA) is 68.0 Å². The molecule has 5 nitrogen and oxygen atoms in total. The van der Waals surface area contributed by atoms with E-state index in [0.29, 0.717) is 5.01 Å². The van der Waals surface area contributed by atoms with Gasteiger partial charge in [0.1, 0.15) is 5.01 Å². The number of carboxylic acids is 1. The first-order chi connectivity index (χ1) is 9.63. The van der Waals surface area contributed by atoms with Crippen LogP contribution in [0, 0.1) is 0 Å². The lowest BCUT2D eigenvalue weighted by molar-refractivity contribution is 0.0691. The summed E-state index contributed by atoms with van der Waals surface area (Å²) in [6.45, 7) is 0. The predicted molar refractivity (Wildman–Crippen MR) is 79.3 cm³/mol. The zero-order valence-electron chi connectivity index (χ0n) is 10.0. The van der Waals surface area contributed by atoms with Crippen LogP contribution in [0.1, 0.15) is 10.5 Å². The second-order valence-electron chi connectivity index (χ2n) is 3.99. The summed E-state index contributed by atoms with van der Waals surface area (Å²) in [6, 6.07) is 7.74. The van der Waals surface area contributed by atoms with Crippen LogP contribution in [-0.2, 0) is 0 Å². The summed E-state index contributed by atoms with van der Waals surface area (Å²) < 4.78 is 2.73. The molecule has 0 aliphatic carbocycles. The molecule has 20 heavy (non-hydrogen) atoms. The van der Waals surface area contributed by atoms with Crippen LogP contribution in [0.4, 0.5) is 0 Å². The first-order valence-corrected chi connectivity index (χ1v) is 7.30. The summed E-state index contributed by atoms with van der Waals surface area (Å²) in [6.07, 6.45) is 3.50. The van der Waals surface area contributed by atoms with Gasteiger partial charge in [0.15, 0.2) is 5.69 Å². The van der Waals surface area contributed by atoms with E-state index >= 15 is 0 Å². The maximum absolute atomic E-state index is 10.8. The Kier molecular flexibility index (Phi) is 3.37. The van der Waals surface area contributed by atoms with Gasteiger partial charge in [-0.15, -0.1) is 11.3 Å². The fraction of sp³-hybridized carbons (Fsp3) is 0. The Labute approximate surface area is 126 Å². The fourth-order valence-corrected chi connectivity index (χ4v) is 2.71. The highest BCUT2D eigenvalue weighted by molar-refractivity contribution is 9.10. The van der Waals surface area contributed by atoms with Gasteiger partial charge in [0.25, 0.3) is 0 Å². The van der Waals surface area contributed by atoms with E-state index in [0.717, 1.165) is 15.7 Å². The smallest absolute Gasteiger partial charge is 0.355 e. The van der Waals surface area contributed by atoms with Crippen LogP contribution in [0.25, 0.3) is 16.3 Å². The normalized spacial score (nSPS) is 10.7. The van der Waals surface area contributed by atoms with Gasteiger partial charge in [-0.2, -0.15) is 5.10 Å². The Morgan fingerprint density at radius 2 is 2.05 bits per heavy atom. The molecule has 0 unspecified atom stereocenters. The van der Waals surface area contributed by atoms with Crippen LogP contribution < -0.4 is 0 Å². The summed E-state index contributed by atoms with van der Waals surface area (Å²) in [4.78, 5) is 14.9. The number of aromatic carboxylic acids is 1. The maximum atomic E-state index is 10.8.